The van der Waals surface area contributed by atoms with Gasteiger partial charge < -0.3 is 10.1 Å². The molecule has 0 radical (unpaired) electrons. The Morgan fingerprint density at radius 3 is 2.31 bits per heavy atom. The van der Waals surface area contributed by atoms with E-state index in [4.69, 9.17) is 4.74 Å². The minimum absolute atomic E-state index is 0.0602. The summed E-state index contributed by atoms with van der Waals surface area (Å²) in [6.45, 7) is 0. The van der Waals surface area contributed by atoms with Crippen LogP contribution in [0.5, 0.6) is 5.75 Å². The molecule has 3 heteroatoms. The summed E-state index contributed by atoms with van der Waals surface area (Å²) < 4.78 is 5.31. The molecule has 0 heterocycles. The Bertz CT molecular complexity index is 1100. The van der Waals surface area contributed by atoms with E-state index in [1.165, 1.54) is 10.8 Å². The Morgan fingerprint density at radius 2 is 1.50 bits per heavy atom. The van der Waals surface area contributed by atoms with Crippen LogP contribution in [-0.2, 0) is 11.2 Å². The molecule has 0 aliphatic carbocycles. The summed E-state index contributed by atoms with van der Waals surface area (Å²) in [5, 5.41) is 7.59. The van der Waals surface area contributed by atoms with Crippen molar-refractivity contribution in [3.63, 3.8) is 0 Å². The van der Waals surface area contributed by atoms with Crippen molar-refractivity contribution < 1.29 is 9.53 Å². The van der Waals surface area contributed by atoms with Crippen molar-refractivity contribution in [3.05, 3.63) is 84.4 Å². The van der Waals surface area contributed by atoms with E-state index in [-0.39, 0.29) is 5.91 Å². The van der Waals surface area contributed by atoms with Crippen LogP contribution in [0.1, 0.15) is 5.56 Å². The normalized spacial score (nSPS) is 10.8. The Kier molecular flexibility index (Phi) is 4.28. The van der Waals surface area contributed by atoms with E-state index < -0.39 is 0 Å². The molecule has 4 aromatic rings. The van der Waals surface area contributed by atoms with Gasteiger partial charge in [0, 0.05) is 0 Å². The van der Waals surface area contributed by atoms with Gasteiger partial charge >= 0.3 is 0 Å². The minimum atomic E-state index is -0.0602. The van der Waals surface area contributed by atoms with E-state index in [0.717, 1.165) is 16.3 Å². The fourth-order valence-corrected chi connectivity index (χ4v) is 3.39. The first kappa shape index (κ1) is 16.2. The van der Waals surface area contributed by atoms with Gasteiger partial charge in [0.1, 0.15) is 5.75 Å². The van der Waals surface area contributed by atoms with Crippen molar-refractivity contribution in [2.24, 2.45) is 0 Å². The Balaban J connectivity index is 1.71. The highest BCUT2D eigenvalue weighted by Gasteiger charge is 2.12. The zero-order valence-corrected chi connectivity index (χ0v) is 14.5. The third-order valence-corrected chi connectivity index (χ3v) is 4.59. The van der Waals surface area contributed by atoms with E-state index in [1.807, 2.05) is 48.5 Å². The summed E-state index contributed by atoms with van der Waals surface area (Å²) >= 11 is 0. The van der Waals surface area contributed by atoms with Crippen molar-refractivity contribution in [1.82, 2.24) is 0 Å². The lowest BCUT2D eigenvalue weighted by molar-refractivity contribution is -0.115. The third-order valence-electron chi connectivity index (χ3n) is 4.59. The first-order valence-corrected chi connectivity index (χ1v) is 8.58. The van der Waals surface area contributed by atoms with Crippen LogP contribution >= 0.6 is 0 Å². The topological polar surface area (TPSA) is 38.3 Å². The second kappa shape index (κ2) is 6.89. The average Bonchev–Trinajstić information content (AvgIpc) is 2.68. The van der Waals surface area contributed by atoms with Crippen LogP contribution in [0.2, 0.25) is 0 Å². The highest BCUT2D eigenvalue weighted by molar-refractivity contribution is 6.10. The second-order valence-corrected chi connectivity index (χ2v) is 6.23. The van der Waals surface area contributed by atoms with Crippen LogP contribution in [0, 0.1) is 0 Å². The number of methoxy groups -OCH3 is 1. The van der Waals surface area contributed by atoms with Crippen molar-refractivity contribution in [2.75, 3.05) is 12.4 Å². The number of carbonyl (C=O) groups excluding carboxylic acids is 1. The average molecular weight is 341 g/mol. The fraction of sp³-hybridized carbons (Fsp3) is 0.0870. The zero-order chi connectivity index (χ0) is 17.9. The van der Waals surface area contributed by atoms with Gasteiger partial charge in [-0.15, -0.1) is 0 Å². The molecule has 0 fully saturated rings. The maximum Gasteiger partial charge on any atom is 0.228 e. The summed E-state index contributed by atoms with van der Waals surface area (Å²) in [6.07, 6.45) is 0.309. The number of hydrogen-bond donors (Lipinski definition) is 1. The molecule has 0 aliphatic rings. The van der Waals surface area contributed by atoms with E-state index >= 15 is 0 Å². The third kappa shape index (κ3) is 3.00. The summed E-state index contributed by atoms with van der Waals surface area (Å²) in [5.74, 6) is 0.596. The molecule has 4 rings (SSSR count). The van der Waals surface area contributed by atoms with Crippen molar-refractivity contribution in [3.8, 4) is 5.75 Å². The molecular weight excluding hydrogens is 322 g/mol. The van der Waals surface area contributed by atoms with Gasteiger partial charge in [-0.1, -0.05) is 60.7 Å². The van der Waals surface area contributed by atoms with Crippen molar-refractivity contribution in [1.29, 1.82) is 0 Å². The van der Waals surface area contributed by atoms with E-state index in [9.17, 15) is 4.79 Å². The lowest BCUT2D eigenvalue weighted by Crippen LogP contribution is -2.15. The number of ether oxygens (including phenoxy) is 1. The summed E-state index contributed by atoms with van der Waals surface area (Å²) in [4.78, 5) is 12.7. The monoisotopic (exact) mass is 341 g/mol. The number of carbonyl (C=O) groups is 1. The largest absolute Gasteiger partial charge is 0.495 e. The summed E-state index contributed by atoms with van der Waals surface area (Å²) in [6, 6.07) is 26.1. The van der Waals surface area contributed by atoms with E-state index in [2.05, 4.69) is 35.6 Å². The highest BCUT2D eigenvalue weighted by Crippen LogP contribution is 2.29. The molecule has 0 spiro atoms. The number of amides is 1. The zero-order valence-electron chi connectivity index (χ0n) is 14.5. The van der Waals surface area contributed by atoms with Gasteiger partial charge in [0.2, 0.25) is 5.91 Å². The summed E-state index contributed by atoms with van der Waals surface area (Å²) in [7, 11) is 1.60. The molecule has 0 saturated carbocycles. The first-order chi connectivity index (χ1) is 12.8. The number of para-hydroxylation sites is 2. The quantitative estimate of drug-likeness (QED) is 0.519. The number of rotatable bonds is 4. The van der Waals surface area contributed by atoms with Crippen molar-refractivity contribution in [2.45, 2.75) is 6.42 Å². The molecule has 0 saturated heterocycles. The molecule has 0 bridgehead atoms. The molecule has 26 heavy (non-hydrogen) atoms. The lowest BCUT2D eigenvalue weighted by atomic mass is 9.95. The maximum absolute atomic E-state index is 12.7. The van der Waals surface area contributed by atoms with E-state index in [0.29, 0.717) is 17.9 Å². The fourth-order valence-electron chi connectivity index (χ4n) is 3.39. The summed E-state index contributed by atoms with van der Waals surface area (Å²) in [5.41, 5.74) is 1.71. The van der Waals surface area contributed by atoms with Crippen LogP contribution in [0.3, 0.4) is 0 Å². The number of benzene rings is 4. The Morgan fingerprint density at radius 1 is 0.846 bits per heavy atom. The SMILES string of the molecule is COc1ccccc1NC(=O)Cc1cc2ccccc2c2ccccc12. The molecule has 0 aliphatic heterocycles. The van der Waals surface area contributed by atoms with Crippen LogP contribution in [-0.4, -0.2) is 13.0 Å². The predicted molar refractivity (Wildman–Crippen MR) is 107 cm³/mol. The van der Waals surface area contributed by atoms with Crippen LogP contribution in [0.4, 0.5) is 5.69 Å². The number of nitrogens with one attached hydrogen (secondary N) is 1. The van der Waals surface area contributed by atoms with Gasteiger partial charge in [-0.05, 0) is 45.3 Å². The number of fused-ring (bicyclic) bond motifs is 3. The van der Waals surface area contributed by atoms with Gasteiger partial charge in [-0.3, -0.25) is 4.79 Å². The van der Waals surface area contributed by atoms with Gasteiger partial charge in [-0.25, -0.2) is 0 Å². The molecule has 0 unspecified atom stereocenters. The van der Waals surface area contributed by atoms with Crippen molar-refractivity contribution >= 4 is 33.1 Å². The second-order valence-electron chi connectivity index (χ2n) is 6.23. The smallest absolute Gasteiger partial charge is 0.228 e. The number of anilines is 1. The van der Waals surface area contributed by atoms with Gasteiger partial charge in [-0.2, -0.15) is 0 Å². The maximum atomic E-state index is 12.7. The number of hydrogen-bond acceptors (Lipinski definition) is 2. The van der Waals surface area contributed by atoms with Gasteiger partial charge in [0.25, 0.3) is 0 Å². The molecule has 0 aromatic heterocycles. The molecule has 3 nitrogen and oxygen atoms in total. The van der Waals surface area contributed by atoms with Gasteiger partial charge in [0.05, 0.1) is 19.2 Å². The first-order valence-electron chi connectivity index (χ1n) is 8.58. The lowest BCUT2D eigenvalue weighted by Gasteiger charge is -2.12. The molecule has 128 valence electrons. The molecular formula is C23H19NO2. The molecule has 4 aromatic carbocycles. The van der Waals surface area contributed by atoms with Gasteiger partial charge in [0.15, 0.2) is 0 Å². The molecule has 1 N–H and O–H groups in total. The Labute approximate surface area is 152 Å². The van der Waals surface area contributed by atoms with Crippen LogP contribution < -0.4 is 10.1 Å². The van der Waals surface area contributed by atoms with Crippen LogP contribution in [0.25, 0.3) is 21.5 Å². The molecule has 1 amide bonds. The molecule has 0 atom stereocenters. The predicted octanol–water partition coefficient (Wildman–Crippen LogP) is 5.18. The highest BCUT2D eigenvalue weighted by atomic mass is 16.5. The Hall–Kier alpha value is -3.33. The minimum Gasteiger partial charge on any atom is -0.495 e. The van der Waals surface area contributed by atoms with E-state index in [1.54, 1.807) is 7.11 Å². The van der Waals surface area contributed by atoms with Crippen LogP contribution in [0.15, 0.2) is 78.9 Å². The standard InChI is InChI=1S/C23H19NO2/c1-26-22-13-7-6-12-21(22)24-23(25)15-17-14-16-8-2-3-9-18(16)20-11-5-4-10-19(17)20/h2-14H,15H2,1H3,(H,24,25).